The Morgan fingerprint density at radius 3 is 2.35 bits per heavy atom. The van der Waals surface area contributed by atoms with Crippen molar-refractivity contribution in [1.82, 2.24) is 0 Å². The van der Waals surface area contributed by atoms with Gasteiger partial charge in [0.25, 0.3) is 0 Å². The van der Waals surface area contributed by atoms with E-state index >= 15 is 0 Å². The van der Waals surface area contributed by atoms with Crippen LogP contribution < -0.4 is 0 Å². The van der Waals surface area contributed by atoms with Crippen LogP contribution in [0.4, 0.5) is 0 Å². The van der Waals surface area contributed by atoms with Gasteiger partial charge >= 0.3 is 0 Å². The van der Waals surface area contributed by atoms with Crippen LogP contribution in [-0.2, 0) is 0 Å². The van der Waals surface area contributed by atoms with Gasteiger partial charge in [-0.05, 0) is 30.9 Å². The summed E-state index contributed by atoms with van der Waals surface area (Å²) in [5.74, 6) is 0. The SMILES string of the molecule is C=C(C(=N)CCCCCC)c1ccc(C)cc1. The Labute approximate surface area is 105 Å². The minimum Gasteiger partial charge on any atom is -0.305 e. The van der Waals surface area contributed by atoms with Crippen LogP contribution in [0.5, 0.6) is 0 Å². The summed E-state index contributed by atoms with van der Waals surface area (Å²) in [4.78, 5) is 0. The molecule has 0 aliphatic rings. The molecule has 0 aliphatic carbocycles. The minimum atomic E-state index is 0.685. The fourth-order valence-electron chi connectivity index (χ4n) is 1.81. The van der Waals surface area contributed by atoms with Crippen LogP contribution in [0.3, 0.4) is 0 Å². The number of nitrogens with one attached hydrogen (secondary N) is 1. The van der Waals surface area contributed by atoms with Gasteiger partial charge in [0, 0.05) is 5.71 Å². The molecule has 0 saturated carbocycles. The van der Waals surface area contributed by atoms with Crippen molar-refractivity contribution in [1.29, 1.82) is 5.41 Å². The van der Waals surface area contributed by atoms with E-state index in [0.29, 0.717) is 5.71 Å². The third kappa shape index (κ3) is 4.56. The van der Waals surface area contributed by atoms with Crippen molar-refractivity contribution in [2.24, 2.45) is 0 Å². The fourth-order valence-corrected chi connectivity index (χ4v) is 1.81. The summed E-state index contributed by atoms with van der Waals surface area (Å²) in [5, 5.41) is 8.02. The maximum absolute atomic E-state index is 8.02. The number of allylic oxidation sites excluding steroid dienone is 1. The third-order valence-corrected chi connectivity index (χ3v) is 3.04. The fraction of sp³-hybridized carbons (Fsp3) is 0.438. The molecule has 92 valence electrons. The molecule has 1 aromatic carbocycles. The normalized spacial score (nSPS) is 10.2. The lowest BCUT2D eigenvalue weighted by Gasteiger charge is -2.08. The summed E-state index contributed by atoms with van der Waals surface area (Å²) in [6.07, 6.45) is 5.70. The van der Waals surface area contributed by atoms with Gasteiger partial charge in [-0.2, -0.15) is 0 Å². The van der Waals surface area contributed by atoms with E-state index in [9.17, 15) is 0 Å². The zero-order valence-electron chi connectivity index (χ0n) is 11.1. The summed E-state index contributed by atoms with van der Waals surface area (Å²) < 4.78 is 0. The predicted octanol–water partition coefficient (Wildman–Crippen LogP) is 5.00. The van der Waals surface area contributed by atoms with Crippen molar-refractivity contribution >= 4 is 11.3 Å². The van der Waals surface area contributed by atoms with E-state index in [1.165, 1.54) is 24.8 Å². The molecule has 0 heterocycles. The number of benzene rings is 1. The molecule has 1 aromatic rings. The number of rotatable bonds is 7. The Morgan fingerprint density at radius 1 is 1.12 bits per heavy atom. The maximum atomic E-state index is 8.02. The van der Waals surface area contributed by atoms with Crippen molar-refractivity contribution in [3.05, 3.63) is 42.0 Å². The first-order valence-electron chi connectivity index (χ1n) is 6.49. The second-order valence-electron chi connectivity index (χ2n) is 4.63. The molecular weight excluding hydrogens is 206 g/mol. The second-order valence-corrected chi connectivity index (χ2v) is 4.63. The van der Waals surface area contributed by atoms with Crippen molar-refractivity contribution in [2.45, 2.75) is 46.0 Å². The lowest BCUT2D eigenvalue weighted by atomic mass is 9.98. The lowest BCUT2D eigenvalue weighted by Crippen LogP contribution is -1.99. The molecule has 0 atom stereocenters. The van der Waals surface area contributed by atoms with Crippen LogP contribution >= 0.6 is 0 Å². The van der Waals surface area contributed by atoms with Gasteiger partial charge in [0.1, 0.15) is 0 Å². The molecule has 1 nitrogen and oxygen atoms in total. The summed E-state index contributed by atoms with van der Waals surface area (Å²) in [6, 6.07) is 8.26. The number of hydrogen-bond donors (Lipinski definition) is 1. The Hall–Kier alpha value is -1.37. The summed E-state index contributed by atoms with van der Waals surface area (Å²) in [6.45, 7) is 8.31. The van der Waals surface area contributed by atoms with Crippen LogP contribution in [0.1, 0.15) is 50.2 Å². The van der Waals surface area contributed by atoms with Crippen molar-refractivity contribution < 1.29 is 0 Å². The van der Waals surface area contributed by atoms with Gasteiger partial charge in [0.05, 0.1) is 0 Å². The van der Waals surface area contributed by atoms with Crippen molar-refractivity contribution in [3.8, 4) is 0 Å². The maximum Gasteiger partial charge on any atom is 0.0386 e. The molecule has 0 saturated heterocycles. The molecule has 0 bridgehead atoms. The third-order valence-electron chi connectivity index (χ3n) is 3.04. The van der Waals surface area contributed by atoms with E-state index in [4.69, 9.17) is 5.41 Å². The number of aryl methyl sites for hydroxylation is 1. The molecule has 1 rings (SSSR count). The van der Waals surface area contributed by atoms with E-state index in [-0.39, 0.29) is 0 Å². The minimum absolute atomic E-state index is 0.685. The van der Waals surface area contributed by atoms with Gasteiger partial charge in [-0.3, -0.25) is 0 Å². The van der Waals surface area contributed by atoms with E-state index in [2.05, 4.69) is 44.7 Å². The Bertz CT molecular complexity index is 373. The highest BCUT2D eigenvalue weighted by atomic mass is 14.4. The van der Waals surface area contributed by atoms with Gasteiger partial charge in [-0.1, -0.05) is 62.6 Å². The zero-order valence-corrected chi connectivity index (χ0v) is 11.1. The van der Waals surface area contributed by atoms with Crippen molar-refractivity contribution in [3.63, 3.8) is 0 Å². The molecule has 0 fully saturated rings. The Kier molecular flexibility index (Phi) is 5.68. The second kappa shape index (κ2) is 7.05. The molecule has 0 aromatic heterocycles. The number of hydrogen-bond acceptors (Lipinski definition) is 1. The Balaban J connectivity index is 2.46. The molecule has 0 aliphatic heterocycles. The predicted molar refractivity (Wildman–Crippen MR) is 76.7 cm³/mol. The van der Waals surface area contributed by atoms with E-state index in [0.717, 1.165) is 24.0 Å². The summed E-state index contributed by atoms with van der Waals surface area (Å²) in [5.41, 5.74) is 3.89. The monoisotopic (exact) mass is 229 g/mol. The molecule has 0 unspecified atom stereocenters. The molecular formula is C16H23N. The van der Waals surface area contributed by atoms with Gasteiger partial charge in [-0.15, -0.1) is 0 Å². The van der Waals surface area contributed by atoms with Gasteiger partial charge in [-0.25, -0.2) is 0 Å². The van der Waals surface area contributed by atoms with Crippen LogP contribution in [0.2, 0.25) is 0 Å². The molecule has 17 heavy (non-hydrogen) atoms. The van der Waals surface area contributed by atoms with Crippen LogP contribution in [0.15, 0.2) is 30.8 Å². The Morgan fingerprint density at radius 2 is 1.76 bits per heavy atom. The molecule has 0 spiro atoms. The topological polar surface area (TPSA) is 23.9 Å². The number of unbranched alkanes of at least 4 members (excludes halogenated alkanes) is 3. The van der Waals surface area contributed by atoms with Gasteiger partial charge < -0.3 is 5.41 Å². The lowest BCUT2D eigenvalue weighted by molar-refractivity contribution is 0.683. The molecule has 1 heteroatoms. The van der Waals surface area contributed by atoms with E-state index in [1.54, 1.807) is 0 Å². The van der Waals surface area contributed by atoms with Crippen LogP contribution in [0, 0.1) is 12.3 Å². The summed E-state index contributed by atoms with van der Waals surface area (Å²) >= 11 is 0. The smallest absolute Gasteiger partial charge is 0.0386 e. The largest absolute Gasteiger partial charge is 0.305 e. The molecule has 0 radical (unpaired) electrons. The van der Waals surface area contributed by atoms with Gasteiger partial charge in [0.15, 0.2) is 0 Å². The first kappa shape index (κ1) is 13.7. The first-order chi connectivity index (χ1) is 8.15. The van der Waals surface area contributed by atoms with E-state index < -0.39 is 0 Å². The quantitative estimate of drug-likeness (QED) is 0.502. The van der Waals surface area contributed by atoms with Crippen LogP contribution in [0.25, 0.3) is 5.57 Å². The molecule has 0 amide bonds. The van der Waals surface area contributed by atoms with E-state index in [1.807, 2.05) is 0 Å². The highest BCUT2D eigenvalue weighted by molar-refractivity contribution is 6.21. The van der Waals surface area contributed by atoms with Crippen molar-refractivity contribution in [2.75, 3.05) is 0 Å². The standard InChI is InChI=1S/C16H23N/c1-4-5-6-7-8-16(17)14(3)15-11-9-13(2)10-12-15/h9-12,17H,3-8H2,1-2H3. The average Bonchev–Trinajstić information content (AvgIpc) is 2.34. The highest BCUT2D eigenvalue weighted by Gasteiger charge is 2.05. The first-order valence-corrected chi connectivity index (χ1v) is 6.49. The summed E-state index contributed by atoms with van der Waals surface area (Å²) in [7, 11) is 0. The molecule has 1 N–H and O–H groups in total. The average molecular weight is 229 g/mol. The zero-order chi connectivity index (χ0) is 12.7. The highest BCUT2D eigenvalue weighted by Crippen LogP contribution is 2.17. The van der Waals surface area contributed by atoms with Crippen LogP contribution in [-0.4, -0.2) is 5.71 Å². The van der Waals surface area contributed by atoms with Gasteiger partial charge in [0.2, 0.25) is 0 Å².